The molecule has 0 saturated heterocycles. The molecule has 0 aromatic carbocycles. The molecule has 12 heavy (non-hydrogen) atoms. The summed E-state index contributed by atoms with van der Waals surface area (Å²) in [6, 6.07) is 0. The predicted molar refractivity (Wildman–Crippen MR) is 42.8 cm³/mol. The van der Waals surface area contributed by atoms with E-state index in [1.807, 2.05) is 12.4 Å². The van der Waals surface area contributed by atoms with Gasteiger partial charge < -0.3 is 10.6 Å². The zero-order valence-corrected chi connectivity index (χ0v) is 7.13. The lowest BCUT2D eigenvalue weighted by atomic mass is 10.3. The Kier molecular flexibility index (Phi) is 6.00. The number of hydrogen-bond donors (Lipinski definition) is 2. The highest BCUT2D eigenvalue weighted by Crippen LogP contribution is 1.88. The van der Waals surface area contributed by atoms with Gasteiger partial charge in [-0.05, 0) is 6.42 Å². The van der Waals surface area contributed by atoms with Gasteiger partial charge in [-0.15, -0.1) is 0 Å². The summed E-state index contributed by atoms with van der Waals surface area (Å²) in [6.07, 6.45) is 1.17. The Morgan fingerprint density at radius 3 is 2.58 bits per heavy atom. The number of carbonyl (C=O) groups is 2. The molecular weight excluding hydrogens is 160 g/mol. The van der Waals surface area contributed by atoms with E-state index in [0.717, 1.165) is 0 Å². The molecule has 5 heteroatoms. The zero-order valence-electron chi connectivity index (χ0n) is 7.13. The molecule has 0 aliphatic carbocycles. The number of hydrogen-bond acceptors (Lipinski definition) is 4. The fourth-order valence-corrected chi connectivity index (χ4v) is 0.551. The Bertz CT molecular complexity index is 141. The summed E-state index contributed by atoms with van der Waals surface area (Å²) in [6.45, 7) is 2.10. The molecule has 3 N–H and O–H groups in total. The minimum atomic E-state index is -0.428. The first kappa shape index (κ1) is 10.9. The van der Waals surface area contributed by atoms with Crippen LogP contribution in [-0.2, 0) is 14.4 Å². The van der Waals surface area contributed by atoms with E-state index in [1.165, 1.54) is 0 Å². The first-order valence-corrected chi connectivity index (χ1v) is 3.89. The smallest absolute Gasteiger partial charge is 0.332 e. The average Bonchev–Trinajstić information content (AvgIpc) is 2.02. The van der Waals surface area contributed by atoms with Crippen LogP contribution < -0.4 is 11.2 Å². The molecule has 0 unspecified atom stereocenters. The monoisotopic (exact) mass is 174 g/mol. The van der Waals surface area contributed by atoms with Crippen molar-refractivity contribution in [2.24, 2.45) is 5.73 Å². The van der Waals surface area contributed by atoms with Crippen LogP contribution in [0.15, 0.2) is 0 Å². The Morgan fingerprint density at radius 2 is 2.08 bits per heavy atom. The van der Waals surface area contributed by atoms with Crippen molar-refractivity contribution in [2.75, 3.05) is 6.54 Å². The fraction of sp³-hybridized carbons (Fsp3) is 0.714. The zero-order chi connectivity index (χ0) is 9.40. The van der Waals surface area contributed by atoms with Crippen LogP contribution in [0.1, 0.15) is 26.2 Å². The van der Waals surface area contributed by atoms with E-state index in [1.54, 1.807) is 0 Å². The lowest BCUT2D eigenvalue weighted by molar-refractivity contribution is -0.158. The summed E-state index contributed by atoms with van der Waals surface area (Å²) in [4.78, 5) is 25.8. The molecule has 70 valence electrons. The van der Waals surface area contributed by atoms with Gasteiger partial charge in [0.25, 0.3) is 5.91 Å². The Hall–Kier alpha value is -1.10. The Labute approximate surface area is 71.2 Å². The summed E-state index contributed by atoms with van der Waals surface area (Å²) in [5, 5.41) is 0. The van der Waals surface area contributed by atoms with Crippen LogP contribution in [0.2, 0.25) is 0 Å². The van der Waals surface area contributed by atoms with E-state index in [0.29, 0.717) is 12.8 Å². The van der Waals surface area contributed by atoms with Crippen molar-refractivity contribution in [1.29, 1.82) is 0 Å². The number of amides is 1. The van der Waals surface area contributed by atoms with Crippen molar-refractivity contribution >= 4 is 11.9 Å². The van der Waals surface area contributed by atoms with Crippen molar-refractivity contribution in [3.05, 3.63) is 0 Å². The third kappa shape index (κ3) is 5.67. The van der Waals surface area contributed by atoms with E-state index < -0.39 is 5.97 Å². The van der Waals surface area contributed by atoms with Gasteiger partial charge in [-0.3, -0.25) is 4.79 Å². The molecule has 0 aliphatic heterocycles. The van der Waals surface area contributed by atoms with Crippen molar-refractivity contribution in [3.8, 4) is 0 Å². The van der Waals surface area contributed by atoms with Crippen molar-refractivity contribution in [1.82, 2.24) is 5.48 Å². The van der Waals surface area contributed by atoms with Crippen LogP contribution in [0.25, 0.3) is 0 Å². The van der Waals surface area contributed by atoms with Gasteiger partial charge in [-0.25, -0.2) is 4.79 Å². The summed E-state index contributed by atoms with van der Waals surface area (Å²) < 4.78 is 0. The van der Waals surface area contributed by atoms with Crippen LogP contribution in [0.5, 0.6) is 0 Å². The number of rotatable bonds is 4. The maximum absolute atomic E-state index is 10.7. The highest BCUT2D eigenvalue weighted by Gasteiger charge is 2.03. The number of nitrogens with one attached hydrogen (secondary N) is 1. The molecule has 0 aliphatic rings. The van der Waals surface area contributed by atoms with Crippen molar-refractivity contribution < 1.29 is 14.4 Å². The van der Waals surface area contributed by atoms with Crippen LogP contribution in [0, 0.1) is 0 Å². The minimum Gasteiger partial charge on any atom is -0.341 e. The minimum absolute atomic E-state index is 0.166. The number of hydroxylamine groups is 1. The van der Waals surface area contributed by atoms with E-state index >= 15 is 0 Å². The molecular formula is C7H14N2O3. The molecule has 0 fully saturated rings. The Balaban J connectivity index is 3.40. The van der Waals surface area contributed by atoms with Gasteiger partial charge in [0.05, 0.1) is 0 Å². The molecule has 0 spiro atoms. The van der Waals surface area contributed by atoms with E-state index in [2.05, 4.69) is 4.84 Å². The number of carbonyl (C=O) groups excluding carboxylic acids is 2. The van der Waals surface area contributed by atoms with Gasteiger partial charge >= 0.3 is 5.97 Å². The van der Waals surface area contributed by atoms with E-state index in [4.69, 9.17) is 5.73 Å². The van der Waals surface area contributed by atoms with Gasteiger partial charge in [-0.2, -0.15) is 5.48 Å². The van der Waals surface area contributed by atoms with Crippen LogP contribution in [-0.4, -0.2) is 18.4 Å². The first-order valence-electron chi connectivity index (χ1n) is 3.89. The highest BCUT2D eigenvalue weighted by molar-refractivity contribution is 5.77. The summed E-state index contributed by atoms with van der Waals surface area (Å²) in [5.74, 6) is -0.801. The molecule has 5 nitrogen and oxygen atoms in total. The molecule has 0 atom stereocenters. The molecule has 0 aromatic rings. The lowest BCUT2D eigenvalue weighted by Gasteiger charge is -2.03. The van der Waals surface area contributed by atoms with E-state index in [-0.39, 0.29) is 18.9 Å². The van der Waals surface area contributed by atoms with Gasteiger partial charge in [0, 0.05) is 19.4 Å². The lowest BCUT2D eigenvalue weighted by Crippen LogP contribution is -2.28. The molecule has 0 saturated carbocycles. The maximum Gasteiger partial charge on any atom is 0.332 e. The second kappa shape index (κ2) is 6.60. The summed E-state index contributed by atoms with van der Waals surface area (Å²) >= 11 is 0. The largest absolute Gasteiger partial charge is 0.341 e. The van der Waals surface area contributed by atoms with Gasteiger partial charge in [0.15, 0.2) is 0 Å². The standard InChI is InChI=1S/C7H14N2O3/c1-2-3-7(11)12-9-6(10)4-5-8/h2-5,8H2,1H3,(H,9,10). The number of nitrogens with two attached hydrogens (primary N) is 1. The van der Waals surface area contributed by atoms with Gasteiger partial charge in [0.2, 0.25) is 0 Å². The molecule has 0 heterocycles. The summed E-state index contributed by atoms with van der Waals surface area (Å²) in [7, 11) is 0. The third-order valence-corrected chi connectivity index (χ3v) is 1.10. The van der Waals surface area contributed by atoms with E-state index in [9.17, 15) is 9.59 Å². The highest BCUT2D eigenvalue weighted by atomic mass is 16.7. The fourth-order valence-electron chi connectivity index (χ4n) is 0.551. The Morgan fingerprint density at radius 1 is 1.42 bits per heavy atom. The first-order chi connectivity index (χ1) is 5.70. The molecule has 0 rings (SSSR count). The van der Waals surface area contributed by atoms with Gasteiger partial charge in [-0.1, -0.05) is 6.92 Å². The van der Waals surface area contributed by atoms with Crippen molar-refractivity contribution in [2.45, 2.75) is 26.2 Å². The predicted octanol–water partition coefficient (Wildman–Crippen LogP) is -0.290. The maximum atomic E-state index is 10.7. The normalized spacial score (nSPS) is 9.17. The molecule has 0 radical (unpaired) electrons. The molecule has 0 aromatic heterocycles. The van der Waals surface area contributed by atoms with Crippen molar-refractivity contribution in [3.63, 3.8) is 0 Å². The van der Waals surface area contributed by atoms with Crippen LogP contribution in [0.4, 0.5) is 0 Å². The second-order valence-electron chi connectivity index (χ2n) is 2.29. The summed E-state index contributed by atoms with van der Waals surface area (Å²) in [5.41, 5.74) is 7.09. The molecule has 1 amide bonds. The SMILES string of the molecule is CCCC(=O)ONC(=O)CCN. The van der Waals surface area contributed by atoms with Crippen LogP contribution in [0.3, 0.4) is 0 Å². The second-order valence-corrected chi connectivity index (χ2v) is 2.29. The van der Waals surface area contributed by atoms with Crippen LogP contribution >= 0.6 is 0 Å². The third-order valence-electron chi connectivity index (χ3n) is 1.10. The van der Waals surface area contributed by atoms with Gasteiger partial charge in [0.1, 0.15) is 0 Å². The quantitative estimate of drug-likeness (QED) is 0.574. The topological polar surface area (TPSA) is 81.4 Å². The average molecular weight is 174 g/mol. The molecule has 0 bridgehead atoms.